The molecule has 0 saturated carbocycles. The smallest absolute Gasteiger partial charge is 0.247 e. The van der Waals surface area contributed by atoms with Gasteiger partial charge in [0, 0.05) is 6.20 Å². The van der Waals surface area contributed by atoms with Crippen LogP contribution in [0, 0.1) is 0 Å². The number of hydrogen-bond acceptors (Lipinski definition) is 6. The van der Waals surface area contributed by atoms with Crippen molar-refractivity contribution >= 4 is 11.6 Å². The summed E-state index contributed by atoms with van der Waals surface area (Å²) in [4.78, 5) is 8.75. The Bertz CT molecular complexity index is 752. The summed E-state index contributed by atoms with van der Waals surface area (Å²) in [7, 11) is 0. The third-order valence-corrected chi connectivity index (χ3v) is 3.23. The number of pyridine rings is 1. The lowest BCUT2D eigenvalue weighted by atomic mass is 10.2. The molecule has 1 N–H and O–H groups in total. The lowest BCUT2D eigenvalue weighted by Crippen LogP contribution is -2.06. The minimum atomic E-state index is 0.481. The Morgan fingerprint density at radius 1 is 1.09 bits per heavy atom. The molecular weight excluding hydrogens is 278 g/mol. The number of aromatic nitrogens is 6. The standard InChI is InChI=1S/C15H17N7/c1-3-12-13(4-2)20-21-15(19-12)18-11-9-17-22(10-11)14-7-5-6-8-16-14/h5-10H,3-4H2,1-2H3,(H,18,19,21). The first kappa shape index (κ1) is 14.1. The van der Waals surface area contributed by atoms with Gasteiger partial charge in [-0.3, -0.25) is 0 Å². The van der Waals surface area contributed by atoms with Crippen molar-refractivity contribution in [2.45, 2.75) is 26.7 Å². The first-order valence-corrected chi connectivity index (χ1v) is 7.25. The zero-order valence-electron chi connectivity index (χ0n) is 12.6. The highest BCUT2D eigenvalue weighted by atomic mass is 15.3. The number of rotatable bonds is 5. The van der Waals surface area contributed by atoms with E-state index in [2.05, 4.69) is 44.4 Å². The highest BCUT2D eigenvalue weighted by molar-refractivity contribution is 5.51. The molecule has 112 valence electrons. The Labute approximate surface area is 128 Å². The molecule has 0 fully saturated rings. The molecule has 3 heterocycles. The molecule has 0 saturated heterocycles. The van der Waals surface area contributed by atoms with E-state index < -0.39 is 0 Å². The van der Waals surface area contributed by atoms with Crippen LogP contribution in [0.15, 0.2) is 36.8 Å². The molecule has 0 radical (unpaired) electrons. The van der Waals surface area contributed by atoms with E-state index in [-0.39, 0.29) is 0 Å². The first-order valence-electron chi connectivity index (χ1n) is 7.25. The molecular formula is C15H17N7. The third-order valence-electron chi connectivity index (χ3n) is 3.23. The summed E-state index contributed by atoms with van der Waals surface area (Å²) in [6, 6.07) is 5.68. The van der Waals surface area contributed by atoms with Gasteiger partial charge in [0.25, 0.3) is 0 Å². The molecule has 3 aromatic heterocycles. The molecule has 0 aliphatic heterocycles. The maximum absolute atomic E-state index is 4.50. The van der Waals surface area contributed by atoms with Gasteiger partial charge in [-0.25, -0.2) is 14.6 Å². The van der Waals surface area contributed by atoms with Crippen molar-refractivity contribution in [3.63, 3.8) is 0 Å². The Morgan fingerprint density at radius 3 is 2.68 bits per heavy atom. The second-order valence-electron chi connectivity index (χ2n) is 4.72. The summed E-state index contributed by atoms with van der Waals surface area (Å²) < 4.78 is 1.69. The minimum absolute atomic E-state index is 0.481. The lowest BCUT2D eigenvalue weighted by Gasteiger charge is -2.06. The van der Waals surface area contributed by atoms with Crippen LogP contribution >= 0.6 is 0 Å². The van der Waals surface area contributed by atoms with E-state index in [4.69, 9.17) is 0 Å². The Balaban J connectivity index is 1.81. The highest BCUT2D eigenvalue weighted by Crippen LogP contribution is 2.14. The molecule has 0 aliphatic carbocycles. The molecule has 7 heteroatoms. The van der Waals surface area contributed by atoms with Crippen LogP contribution in [-0.2, 0) is 12.8 Å². The van der Waals surface area contributed by atoms with E-state index in [0.29, 0.717) is 5.95 Å². The number of hydrogen-bond donors (Lipinski definition) is 1. The van der Waals surface area contributed by atoms with Crippen molar-refractivity contribution in [3.8, 4) is 5.82 Å². The fraction of sp³-hybridized carbons (Fsp3) is 0.267. The van der Waals surface area contributed by atoms with Gasteiger partial charge in [-0.15, -0.1) is 10.2 Å². The van der Waals surface area contributed by atoms with Crippen molar-refractivity contribution in [2.24, 2.45) is 0 Å². The van der Waals surface area contributed by atoms with E-state index in [1.54, 1.807) is 17.1 Å². The Kier molecular flexibility index (Phi) is 4.04. The predicted octanol–water partition coefficient (Wildman–Crippen LogP) is 2.32. The van der Waals surface area contributed by atoms with Crippen LogP contribution in [0.25, 0.3) is 5.82 Å². The van der Waals surface area contributed by atoms with Crippen LogP contribution in [0.5, 0.6) is 0 Å². The molecule has 0 atom stereocenters. The van der Waals surface area contributed by atoms with Crippen LogP contribution in [0.3, 0.4) is 0 Å². The largest absolute Gasteiger partial charge is 0.320 e. The van der Waals surface area contributed by atoms with Crippen molar-refractivity contribution in [1.82, 2.24) is 29.9 Å². The van der Waals surface area contributed by atoms with E-state index in [9.17, 15) is 0 Å². The summed E-state index contributed by atoms with van der Waals surface area (Å²) in [5.74, 6) is 1.24. The summed E-state index contributed by atoms with van der Waals surface area (Å²) >= 11 is 0. The number of anilines is 2. The van der Waals surface area contributed by atoms with Gasteiger partial charge in [-0.05, 0) is 25.0 Å². The van der Waals surface area contributed by atoms with Crippen molar-refractivity contribution in [3.05, 3.63) is 48.2 Å². The van der Waals surface area contributed by atoms with Gasteiger partial charge in [0.2, 0.25) is 5.95 Å². The molecule has 3 rings (SSSR count). The summed E-state index contributed by atoms with van der Waals surface area (Å²) in [6.07, 6.45) is 6.94. The molecule has 0 aromatic carbocycles. The second kappa shape index (κ2) is 6.30. The lowest BCUT2D eigenvalue weighted by molar-refractivity contribution is 0.829. The summed E-state index contributed by atoms with van der Waals surface area (Å²) in [5.41, 5.74) is 2.70. The van der Waals surface area contributed by atoms with Crippen LogP contribution in [0.4, 0.5) is 11.6 Å². The summed E-state index contributed by atoms with van der Waals surface area (Å²) in [5, 5.41) is 15.7. The van der Waals surface area contributed by atoms with E-state index in [0.717, 1.165) is 35.7 Å². The van der Waals surface area contributed by atoms with Crippen molar-refractivity contribution < 1.29 is 0 Å². The van der Waals surface area contributed by atoms with E-state index >= 15 is 0 Å². The molecule has 0 bridgehead atoms. The fourth-order valence-electron chi connectivity index (χ4n) is 2.12. The molecule has 0 amide bonds. The van der Waals surface area contributed by atoms with Gasteiger partial charge in [-0.1, -0.05) is 19.9 Å². The van der Waals surface area contributed by atoms with Gasteiger partial charge in [0.05, 0.1) is 29.5 Å². The summed E-state index contributed by atoms with van der Waals surface area (Å²) in [6.45, 7) is 4.11. The predicted molar refractivity (Wildman–Crippen MR) is 83.2 cm³/mol. The number of aryl methyl sites for hydroxylation is 2. The molecule has 0 aliphatic rings. The quantitative estimate of drug-likeness (QED) is 0.778. The zero-order valence-corrected chi connectivity index (χ0v) is 12.6. The number of nitrogens with one attached hydrogen (secondary N) is 1. The molecule has 7 nitrogen and oxygen atoms in total. The topological polar surface area (TPSA) is 81.4 Å². The van der Waals surface area contributed by atoms with Gasteiger partial charge >= 0.3 is 0 Å². The minimum Gasteiger partial charge on any atom is -0.320 e. The average molecular weight is 295 g/mol. The number of nitrogens with zero attached hydrogens (tertiary/aromatic N) is 6. The zero-order chi connectivity index (χ0) is 15.4. The Morgan fingerprint density at radius 2 is 1.95 bits per heavy atom. The normalized spacial score (nSPS) is 10.6. The van der Waals surface area contributed by atoms with Crippen molar-refractivity contribution in [2.75, 3.05) is 5.32 Å². The molecule has 0 spiro atoms. The fourth-order valence-corrected chi connectivity index (χ4v) is 2.12. The van der Waals surface area contributed by atoms with Gasteiger partial charge in [0.1, 0.15) is 0 Å². The average Bonchev–Trinajstić information content (AvgIpc) is 3.04. The third kappa shape index (κ3) is 2.93. The van der Waals surface area contributed by atoms with E-state index in [1.807, 2.05) is 24.4 Å². The van der Waals surface area contributed by atoms with Gasteiger partial charge < -0.3 is 5.32 Å². The van der Waals surface area contributed by atoms with Gasteiger partial charge in [0.15, 0.2) is 5.82 Å². The van der Waals surface area contributed by atoms with Crippen LogP contribution < -0.4 is 5.32 Å². The first-order chi connectivity index (χ1) is 10.8. The molecule has 0 unspecified atom stereocenters. The highest BCUT2D eigenvalue weighted by Gasteiger charge is 2.08. The van der Waals surface area contributed by atoms with Crippen molar-refractivity contribution in [1.29, 1.82) is 0 Å². The monoisotopic (exact) mass is 295 g/mol. The van der Waals surface area contributed by atoms with Crippen LogP contribution in [0.1, 0.15) is 25.2 Å². The van der Waals surface area contributed by atoms with Crippen LogP contribution in [-0.4, -0.2) is 29.9 Å². The SMILES string of the molecule is CCc1nnc(Nc2cnn(-c3ccccn3)c2)nc1CC. The Hall–Kier alpha value is -2.83. The van der Waals surface area contributed by atoms with Gasteiger partial charge in [-0.2, -0.15) is 5.10 Å². The maximum Gasteiger partial charge on any atom is 0.247 e. The molecule has 3 aromatic rings. The second-order valence-corrected chi connectivity index (χ2v) is 4.72. The maximum atomic E-state index is 4.50. The molecule has 22 heavy (non-hydrogen) atoms. The van der Waals surface area contributed by atoms with Crippen LogP contribution in [0.2, 0.25) is 0 Å². The van der Waals surface area contributed by atoms with E-state index in [1.165, 1.54) is 0 Å².